The summed E-state index contributed by atoms with van der Waals surface area (Å²) in [6, 6.07) is 3.12. The molecule has 1 aromatic rings. The van der Waals surface area contributed by atoms with Crippen molar-refractivity contribution in [2.45, 2.75) is 89.2 Å². The molecular formula is C24H38N2O6S. The second-order valence-corrected chi connectivity index (χ2v) is 11.7. The molecule has 3 aliphatic rings. The van der Waals surface area contributed by atoms with E-state index in [1.807, 2.05) is 12.1 Å². The van der Waals surface area contributed by atoms with Crippen LogP contribution in [0.5, 0.6) is 0 Å². The van der Waals surface area contributed by atoms with Crippen molar-refractivity contribution in [2.24, 2.45) is 5.92 Å². The largest absolute Gasteiger partial charge is 0.376 e. The Morgan fingerprint density at radius 3 is 2.55 bits per heavy atom. The summed E-state index contributed by atoms with van der Waals surface area (Å²) in [5, 5.41) is 0. The first-order chi connectivity index (χ1) is 15.8. The Hall–Kier alpha value is -1.26. The molecule has 8 nitrogen and oxygen atoms in total. The number of hydrogen-bond donors (Lipinski definition) is 1. The Morgan fingerprint density at radius 2 is 1.85 bits per heavy atom. The summed E-state index contributed by atoms with van der Waals surface area (Å²) in [6.07, 6.45) is 9.84. The van der Waals surface area contributed by atoms with Crippen LogP contribution in [-0.2, 0) is 30.7 Å². The molecule has 3 atom stereocenters. The molecule has 0 bridgehead atoms. The van der Waals surface area contributed by atoms with Gasteiger partial charge in [-0.05, 0) is 76.7 Å². The van der Waals surface area contributed by atoms with Gasteiger partial charge >= 0.3 is 0 Å². The molecule has 9 heteroatoms. The molecule has 3 heterocycles. The van der Waals surface area contributed by atoms with E-state index in [9.17, 15) is 13.2 Å². The fourth-order valence-electron chi connectivity index (χ4n) is 5.33. The lowest BCUT2D eigenvalue weighted by Crippen LogP contribution is -2.49. The van der Waals surface area contributed by atoms with Crippen LogP contribution in [0.4, 0.5) is 0 Å². The lowest BCUT2D eigenvalue weighted by Gasteiger charge is -2.37. The summed E-state index contributed by atoms with van der Waals surface area (Å²) < 4.78 is 46.4. The number of nitrogens with one attached hydrogen (secondary N) is 1. The van der Waals surface area contributed by atoms with Crippen LogP contribution >= 0.6 is 0 Å². The minimum atomic E-state index is -3.39. The van der Waals surface area contributed by atoms with E-state index in [2.05, 4.69) is 4.72 Å². The topological polar surface area (TPSA) is 95.9 Å². The van der Waals surface area contributed by atoms with Crippen molar-refractivity contribution in [3.05, 3.63) is 33.7 Å². The number of rotatable bonds is 8. The van der Waals surface area contributed by atoms with Crippen LogP contribution in [0.15, 0.2) is 16.9 Å². The van der Waals surface area contributed by atoms with Gasteiger partial charge < -0.3 is 18.8 Å². The molecule has 186 valence electrons. The van der Waals surface area contributed by atoms with E-state index in [0.29, 0.717) is 30.9 Å². The first-order valence-corrected chi connectivity index (χ1v) is 14.2. The highest BCUT2D eigenvalue weighted by Crippen LogP contribution is 2.30. The number of nitrogens with zero attached hydrogens (tertiary/aromatic N) is 1. The second-order valence-electron chi connectivity index (χ2n) is 9.89. The molecule has 1 aliphatic carbocycles. The molecule has 3 unspecified atom stereocenters. The van der Waals surface area contributed by atoms with Crippen molar-refractivity contribution in [3.63, 3.8) is 0 Å². The van der Waals surface area contributed by atoms with Crippen molar-refractivity contribution in [3.8, 4) is 0 Å². The molecular weight excluding hydrogens is 444 g/mol. The Balaban J connectivity index is 1.34. The van der Waals surface area contributed by atoms with E-state index >= 15 is 0 Å². The highest BCUT2D eigenvalue weighted by atomic mass is 32.2. The zero-order valence-electron chi connectivity index (χ0n) is 19.8. The molecule has 2 fully saturated rings. The van der Waals surface area contributed by atoms with Gasteiger partial charge in [-0.15, -0.1) is 0 Å². The number of aromatic nitrogens is 1. The summed E-state index contributed by atoms with van der Waals surface area (Å²) in [5.74, 6) is 0.524. The normalized spacial score (nSPS) is 30.7. The predicted molar refractivity (Wildman–Crippen MR) is 126 cm³/mol. The Morgan fingerprint density at radius 1 is 1.06 bits per heavy atom. The van der Waals surface area contributed by atoms with Crippen LogP contribution < -0.4 is 10.3 Å². The number of pyridine rings is 1. The van der Waals surface area contributed by atoms with Crippen molar-refractivity contribution in [2.75, 3.05) is 26.1 Å². The first kappa shape index (κ1) is 24.9. The first-order valence-electron chi connectivity index (χ1n) is 12.3. The fourth-order valence-corrected chi connectivity index (χ4v) is 6.15. The number of aryl methyl sites for hydroxylation is 2. The van der Waals surface area contributed by atoms with Crippen LogP contribution in [0.3, 0.4) is 0 Å². The molecule has 4 rings (SSSR count). The van der Waals surface area contributed by atoms with Gasteiger partial charge in [0.1, 0.15) is 0 Å². The van der Waals surface area contributed by atoms with Crippen LogP contribution in [0.25, 0.3) is 0 Å². The Labute approximate surface area is 197 Å². The minimum absolute atomic E-state index is 0.0415. The van der Waals surface area contributed by atoms with Crippen molar-refractivity contribution >= 4 is 10.0 Å². The molecule has 2 aliphatic heterocycles. The zero-order chi connectivity index (χ0) is 23.4. The SMILES string of the molecule is Cc1ccc2n(c1=O)C(COC1CCC(COC3CCCCO3)CC1)C(NS(C)(=O)=O)CC2. The van der Waals surface area contributed by atoms with Crippen LogP contribution in [-0.4, -0.2) is 57.5 Å². The molecule has 1 N–H and O–H groups in total. The third-order valence-corrected chi connectivity index (χ3v) is 7.95. The van der Waals surface area contributed by atoms with E-state index in [1.54, 1.807) is 11.5 Å². The summed E-state index contributed by atoms with van der Waals surface area (Å²) in [6.45, 7) is 3.66. The maximum absolute atomic E-state index is 12.9. The van der Waals surface area contributed by atoms with Gasteiger partial charge in [0.25, 0.3) is 5.56 Å². The number of ether oxygens (including phenoxy) is 3. The molecule has 0 aromatic carbocycles. The molecule has 0 amide bonds. The highest BCUT2D eigenvalue weighted by Gasteiger charge is 2.34. The quantitative estimate of drug-likeness (QED) is 0.612. The summed E-state index contributed by atoms with van der Waals surface area (Å²) in [4.78, 5) is 12.9. The fraction of sp³-hybridized carbons (Fsp3) is 0.792. The number of fused-ring (bicyclic) bond motifs is 1. The van der Waals surface area contributed by atoms with Gasteiger partial charge in [-0.1, -0.05) is 6.07 Å². The molecule has 0 spiro atoms. The monoisotopic (exact) mass is 482 g/mol. The van der Waals surface area contributed by atoms with Crippen LogP contribution in [0, 0.1) is 12.8 Å². The molecule has 0 radical (unpaired) electrons. The lowest BCUT2D eigenvalue weighted by molar-refractivity contribution is -0.171. The van der Waals surface area contributed by atoms with Gasteiger partial charge in [-0.3, -0.25) is 4.79 Å². The number of hydrogen-bond acceptors (Lipinski definition) is 6. The van der Waals surface area contributed by atoms with E-state index in [-0.39, 0.29) is 30.0 Å². The predicted octanol–water partition coefficient (Wildman–Crippen LogP) is 2.68. The van der Waals surface area contributed by atoms with Gasteiger partial charge in [-0.25, -0.2) is 13.1 Å². The van der Waals surface area contributed by atoms with Gasteiger partial charge in [0.05, 0.1) is 31.6 Å². The summed E-state index contributed by atoms with van der Waals surface area (Å²) in [5.41, 5.74) is 1.54. The van der Waals surface area contributed by atoms with Gasteiger partial charge in [0.15, 0.2) is 6.29 Å². The summed E-state index contributed by atoms with van der Waals surface area (Å²) >= 11 is 0. The third kappa shape index (κ3) is 6.66. The summed E-state index contributed by atoms with van der Waals surface area (Å²) in [7, 11) is -3.39. The smallest absolute Gasteiger partial charge is 0.254 e. The zero-order valence-corrected chi connectivity index (χ0v) is 20.6. The van der Waals surface area contributed by atoms with Gasteiger partial charge in [0, 0.05) is 23.9 Å². The standard InChI is InChI=1S/C24H38N2O6S/c1-17-6-9-19-10-13-21(25-33(2,28)29)22(26(19)24(17)27)16-31-20-11-7-18(8-12-20)15-32-23-5-3-4-14-30-23/h6,9,18,20-23,25H,3-5,7-8,10-16H2,1-2H3. The lowest BCUT2D eigenvalue weighted by atomic mass is 9.88. The molecule has 1 saturated carbocycles. The number of sulfonamides is 1. The van der Waals surface area contributed by atoms with E-state index in [4.69, 9.17) is 14.2 Å². The minimum Gasteiger partial charge on any atom is -0.376 e. The van der Waals surface area contributed by atoms with Crippen molar-refractivity contribution < 1.29 is 22.6 Å². The Bertz CT molecular complexity index is 948. The van der Waals surface area contributed by atoms with E-state index in [0.717, 1.165) is 57.4 Å². The van der Waals surface area contributed by atoms with Gasteiger partial charge in [-0.2, -0.15) is 0 Å². The van der Waals surface area contributed by atoms with E-state index in [1.165, 1.54) is 12.7 Å². The van der Waals surface area contributed by atoms with Crippen LogP contribution in [0.1, 0.15) is 68.7 Å². The highest BCUT2D eigenvalue weighted by molar-refractivity contribution is 7.88. The molecule has 1 aromatic heterocycles. The maximum Gasteiger partial charge on any atom is 0.254 e. The second kappa shape index (κ2) is 11.0. The molecule has 33 heavy (non-hydrogen) atoms. The van der Waals surface area contributed by atoms with E-state index < -0.39 is 10.0 Å². The van der Waals surface area contributed by atoms with Crippen molar-refractivity contribution in [1.29, 1.82) is 0 Å². The molecule has 1 saturated heterocycles. The van der Waals surface area contributed by atoms with Crippen LogP contribution in [0.2, 0.25) is 0 Å². The Kier molecular flexibility index (Phi) is 8.28. The van der Waals surface area contributed by atoms with Gasteiger partial charge in [0.2, 0.25) is 10.0 Å². The maximum atomic E-state index is 12.9. The average molecular weight is 483 g/mol. The van der Waals surface area contributed by atoms with Crippen molar-refractivity contribution in [1.82, 2.24) is 9.29 Å². The average Bonchev–Trinajstić information content (AvgIpc) is 2.80. The third-order valence-electron chi connectivity index (χ3n) is 7.22.